The molecular formula is C16H15N3O3. The highest BCUT2D eigenvalue weighted by atomic mass is 16.5. The van der Waals surface area contributed by atoms with Crippen molar-refractivity contribution in [2.24, 2.45) is 0 Å². The molecule has 0 unspecified atom stereocenters. The number of nitrogens with zero attached hydrogens (tertiary/aromatic N) is 2. The minimum absolute atomic E-state index is 0.0640. The fraction of sp³-hybridized carbons (Fsp3) is 0.188. The summed E-state index contributed by atoms with van der Waals surface area (Å²) in [4.78, 5) is 20.1. The summed E-state index contributed by atoms with van der Waals surface area (Å²) in [5.41, 5.74) is 1.51. The number of amides is 1. The van der Waals surface area contributed by atoms with Gasteiger partial charge in [-0.3, -0.25) is 14.8 Å². The van der Waals surface area contributed by atoms with Gasteiger partial charge in [0.2, 0.25) is 0 Å². The second-order valence-electron chi connectivity index (χ2n) is 4.78. The Bertz CT molecular complexity index is 798. The van der Waals surface area contributed by atoms with Crippen LogP contribution >= 0.6 is 0 Å². The van der Waals surface area contributed by atoms with Gasteiger partial charge in [0.05, 0.1) is 17.6 Å². The fourth-order valence-corrected chi connectivity index (χ4v) is 2.00. The smallest absolute Gasteiger partial charge is 0.258 e. The molecule has 3 rings (SSSR count). The van der Waals surface area contributed by atoms with Gasteiger partial charge >= 0.3 is 0 Å². The van der Waals surface area contributed by atoms with Crippen LogP contribution in [0.25, 0.3) is 11.0 Å². The van der Waals surface area contributed by atoms with Gasteiger partial charge < -0.3 is 14.5 Å². The fourth-order valence-electron chi connectivity index (χ4n) is 2.00. The number of nitrogens with one attached hydrogen (secondary N) is 1. The molecule has 112 valence electrons. The first-order valence-corrected chi connectivity index (χ1v) is 6.86. The number of ether oxygens (including phenoxy) is 1. The third-order valence-corrected chi connectivity index (χ3v) is 3.07. The van der Waals surface area contributed by atoms with Crippen LogP contribution in [0.4, 0.5) is 0 Å². The molecule has 2 heterocycles. The Morgan fingerprint density at radius 1 is 1.18 bits per heavy atom. The molecule has 6 nitrogen and oxygen atoms in total. The van der Waals surface area contributed by atoms with E-state index in [2.05, 4.69) is 15.3 Å². The lowest BCUT2D eigenvalue weighted by molar-refractivity contribution is -0.123. The van der Waals surface area contributed by atoms with Crippen LogP contribution in [0.1, 0.15) is 11.5 Å². The van der Waals surface area contributed by atoms with Crippen molar-refractivity contribution in [1.82, 2.24) is 15.3 Å². The Balaban J connectivity index is 1.53. The summed E-state index contributed by atoms with van der Waals surface area (Å²) in [5, 5.41) is 2.73. The predicted octanol–water partition coefficient (Wildman–Crippen LogP) is 2.23. The summed E-state index contributed by atoms with van der Waals surface area (Å²) in [7, 11) is 0. The second-order valence-corrected chi connectivity index (χ2v) is 4.78. The van der Waals surface area contributed by atoms with E-state index in [1.165, 1.54) is 0 Å². The molecule has 0 aliphatic heterocycles. The molecule has 2 aromatic heterocycles. The summed E-state index contributed by atoms with van der Waals surface area (Å²) in [6.45, 7) is 2.14. The quantitative estimate of drug-likeness (QED) is 0.781. The van der Waals surface area contributed by atoms with Crippen molar-refractivity contribution in [3.63, 3.8) is 0 Å². The molecule has 22 heavy (non-hydrogen) atoms. The number of benzene rings is 1. The van der Waals surface area contributed by atoms with Gasteiger partial charge in [-0.05, 0) is 31.2 Å². The van der Waals surface area contributed by atoms with Crippen LogP contribution in [0.3, 0.4) is 0 Å². The topological polar surface area (TPSA) is 77.2 Å². The summed E-state index contributed by atoms with van der Waals surface area (Å²) in [6.07, 6.45) is 3.25. The van der Waals surface area contributed by atoms with Crippen molar-refractivity contribution >= 4 is 16.9 Å². The summed E-state index contributed by atoms with van der Waals surface area (Å²) < 4.78 is 10.8. The number of aromatic nitrogens is 2. The lowest BCUT2D eigenvalue weighted by Crippen LogP contribution is -2.28. The van der Waals surface area contributed by atoms with Crippen molar-refractivity contribution in [3.8, 4) is 5.75 Å². The van der Waals surface area contributed by atoms with E-state index in [0.717, 1.165) is 16.8 Å². The van der Waals surface area contributed by atoms with Crippen LogP contribution in [0.5, 0.6) is 5.75 Å². The Morgan fingerprint density at radius 3 is 2.77 bits per heavy atom. The number of hydrogen-bond donors (Lipinski definition) is 1. The first kappa shape index (κ1) is 14.1. The molecule has 1 N–H and O–H groups in total. The van der Waals surface area contributed by atoms with Gasteiger partial charge in [-0.15, -0.1) is 0 Å². The van der Waals surface area contributed by atoms with Crippen LogP contribution in [0, 0.1) is 6.92 Å². The Labute approximate surface area is 127 Å². The standard InChI is InChI=1S/C16H15N3O3/c1-11-2-3-13(22-11)9-19-16(20)10-21-12-4-5-14-15(8-12)18-7-6-17-14/h2-8H,9-10H2,1H3,(H,19,20). The highest BCUT2D eigenvalue weighted by molar-refractivity contribution is 5.78. The third kappa shape index (κ3) is 3.41. The average molecular weight is 297 g/mol. The van der Waals surface area contributed by atoms with Gasteiger partial charge in [-0.25, -0.2) is 0 Å². The van der Waals surface area contributed by atoms with Crippen LogP contribution in [-0.2, 0) is 11.3 Å². The highest BCUT2D eigenvalue weighted by Crippen LogP contribution is 2.16. The maximum atomic E-state index is 11.8. The van der Waals surface area contributed by atoms with Crippen molar-refractivity contribution < 1.29 is 13.9 Å². The molecule has 3 aromatic rings. The molecule has 1 aromatic carbocycles. The van der Waals surface area contributed by atoms with Gasteiger partial charge in [-0.2, -0.15) is 0 Å². The number of aryl methyl sites for hydroxylation is 1. The SMILES string of the molecule is Cc1ccc(CNC(=O)COc2ccc3nccnc3c2)o1. The van der Waals surface area contributed by atoms with E-state index < -0.39 is 0 Å². The van der Waals surface area contributed by atoms with Crippen molar-refractivity contribution in [1.29, 1.82) is 0 Å². The second kappa shape index (κ2) is 6.26. The minimum atomic E-state index is -0.215. The zero-order chi connectivity index (χ0) is 15.4. The molecule has 0 saturated heterocycles. The molecule has 0 spiro atoms. The van der Waals surface area contributed by atoms with Gasteiger partial charge in [0.1, 0.15) is 17.3 Å². The van der Waals surface area contributed by atoms with Crippen molar-refractivity contribution in [3.05, 3.63) is 54.2 Å². The average Bonchev–Trinajstić information content (AvgIpc) is 2.96. The molecular weight excluding hydrogens is 282 g/mol. The lowest BCUT2D eigenvalue weighted by Gasteiger charge is -2.07. The lowest BCUT2D eigenvalue weighted by atomic mass is 10.3. The van der Waals surface area contributed by atoms with Crippen molar-refractivity contribution in [2.45, 2.75) is 13.5 Å². The zero-order valence-electron chi connectivity index (χ0n) is 12.1. The Kier molecular flexibility index (Phi) is 4.00. The van der Waals surface area contributed by atoms with Crippen LogP contribution < -0.4 is 10.1 Å². The van der Waals surface area contributed by atoms with E-state index >= 15 is 0 Å². The third-order valence-electron chi connectivity index (χ3n) is 3.07. The number of rotatable bonds is 5. The molecule has 0 radical (unpaired) electrons. The first-order valence-electron chi connectivity index (χ1n) is 6.86. The summed E-state index contributed by atoms with van der Waals surface area (Å²) in [5.74, 6) is 1.90. The predicted molar refractivity (Wildman–Crippen MR) is 80.3 cm³/mol. The maximum absolute atomic E-state index is 11.8. The van der Waals surface area contributed by atoms with Crippen LogP contribution in [-0.4, -0.2) is 22.5 Å². The first-order chi connectivity index (χ1) is 10.7. The largest absolute Gasteiger partial charge is 0.484 e. The Morgan fingerprint density at radius 2 is 2.00 bits per heavy atom. The number of carbonyl (C=O) groups is 1. The normalized spacial score (nSPS) is 10.6. The highest BCUT2D eigenvalue weighted by Gasteiger charge is 2.05. The van der Waals surface area contributed by atoms with E-state index in [0.29, 0.717) is 18.1 Å². The van der Waals surface area contributed by atoms with Crippen LogP contribution in [0.2, 0.25) is 0 Å². The molecule has 0 saturated carbocycles. The van der Waals surface area contributed by atoms with E-state index in [-0.39, 0.29) is 12.5 Å². The molecule has 0 aliphatic carbocycles. The zero-order valence-corrected chi connectivity index (χ0v) is 12.1. The van der Waals surface area contributed by atoms with Crippen molar-refractivity contribution in [2.75, 3.05) is 6.61 Å². The minimum Gasteiger partial charge on any atom is -0.484 e. The van der Waals surface area contributed by atoms with Gasteiger partial charge in [0.25, 0.3) is 5.91 Å². The Hall–Kier alpha value is -2.89. The van der Waals surface area contributed by atoms with E-state index in [1.807, 2.05) is 19.1 Å². The summed E-state index contributed by atoms with van der Waals surface area (Å²) in [6, 6.07) is 9.01. The van der Waals surface area contributed by atoms with Gasteiger partial charge in [-0.1, -0.05) is 0 Å². The van der Waals surface area contributed by atoms with E-state index in [4.69, 9.17) is 9.15 Å². The van der Waals surface area contributed by atoms with Crippen LogP contribution in [0.15, 0.2) is 47.1 Å². The molecule has 6 heteroatoms. The maximum Gasteiger partial charge on any atom is 0.258 e. The van der Waals surface area contributed by atoms with E-state index in [9.17, 15) is 4.79 Å². The van der Waals surface area contributed by atoms with Gasteiger partial charge in [0.15, 0.2) is 6.61 Å². The molecule has 0 aliphatic rings. The number of fused-ring (bicyclic) bond motifs is 1. The number of hydrogen-bond acceptors (Lipinski definition) is 5. The molecule has 1 amide bonds. The van der Waals surface area contributed by atoms with E-state index in [1.54, 1.807) is 30.6 Å². The number of carbonyl (C=O) groups excluding carboxylic acids is 1. The monoisotopic (exact) mass is 297 g/mol. The summed E-state index contributed by atoms with van der Waals surface area (Å²) >= 11 is 0. The number of furan rings is 1. The molecule has 0 atom stereocenters. The molecule has 0 bridgehead atoms. The van der Waals surface area contributed by atoms with Gasteiger partial charge in [0, 0.05) is 18.5 Å². The molecule has 0 fully saturated rings.